The monoisotopic (exact) mass is 394 g/mol. The van der Waals surface area contributed by atoms with Crippen LogP contribution in [0.15, 0.2) is 59.8 Å². The number of halogens is 4. The van der Waals surface area contributed by atoms with E-state index in [-0.39, 0.29) is 17.5 Å². The molecule has 0 radical (unpaired) electrons. The van der Waals surface area contributed by atoms with Crippen molar-refractivity contribution in [2.45, 2.75) is 24.0 Å². The normalized spacial score (nSPS) is 11.4. The van der Waals surface area contributed by atoms with Crippen LogP contribution in [-0.4, -0.2) is 9.97 Å². The first-order valence-corrected chi connectivity index (χ1v) is 8.86. The third-order valence-electron chi connectivity index (χ3n) is 3.47. The number of benzene rings is 2. The maximum atomic E-state index is 13.0. The molecule has 0 saturated carbocycles. The van der Waals surface area contributed by atoms with Gasteiger partial charge in [0.15, 0.2) is 5.16 Å². The summed E-state index contributed by atoms with van der Waals surface area (Å²) in [5, 5.41) is 0.379. The summed E-state index contributed by atoms with van der Waals surface area (Å²) in [6.45, 7) is 1.76. The summed E-state index contributed by atoms with van der Waals surface area (Å²) < 4.78 is 56.9. The van der Waals surface area contributed by atoms with Crippen molar-refractivity contribution in [3.05, 3.63) is 77.2 Å². The lowest BCUT2D eigenvalue weighted by atomic mass is 10.1. The highest BCUT2D eigenvalue weighted by Crippen LogP contribution is 2.31. The van der Waals surface area contributed by atoms with E-state index in [4.69, 9.17) is 4.74 Å². The fraction of sp³-hybridized carbons (Fsp3) is 0.158. The van der Waals surface area contributed by atoms with Crippen LogP contribution >= 0.6 is 11.8 Å². The third-order valence-corrected chi connectivity index (χ3v) is 4.39. The lowest BCUT2D eigenvalue weighted by Crippen LogP contribution is -2.05. The summed E-state index contributed by atoms with van der Waals surface area (Å²) in [6, 6.07) is 12.2. The van der Waals surface area contributed by atoms with E-state index in [0.29, 0.717) is 22.2 Å². The van der Waals surface area contributed by atoms with Crippen LogP contribution < -0.4 is 4.74 Å². The Morgan fingerprint density at radius 3 is 2.44 bits per heavy atom. The lowest BCUT2D eigenvalue weighted by Gasteiger charge is -2.09. The molecule has 0 aliphatic rings. The Hall–Kier alpha value is -2.61. The molecular weight excluding hydrogens is 380 g/mol. The van der Waals surface area contributed by atoms with Crippen molar-refractivity contribution in [1.82, 2.24) is 9.97 Å². The van der Waals surface area contributed by atoms with E-state index in [2.05, 4.69) is 9.97 Å². The van der Waals surface area contributed by atoms with E-state index < -0.39 is 11.7 Å². The maximum absolute atomic E-state index is 13.0. The Morgan fingerprint density at radius 2 is 1.74 bits per heavy atom. The van der Waals surface area contributed by atoms with E-state index in [1.165, 1.54) is 42.1 Å². The molecule has 0 amide bonds. The highest BCUT2D eigenvalue weighted by molar-refractivity contribution is 7.98. The van der Waals surface area contributed by atoms with Gasteiger partial charge in [-0.3, -0.25) is 0 Å². The topological polar surface area (TPSA) is 35.0 Å². The van der Waals surface area contributed by atoms with Gasteiger partial charge in [0.25, 0.3) is 0 Å². The first-order chi connectivity index (χ1) is 12.8. The van der Waals surface area contributed by atoms with Gasteiger partial charge in [0, 0.05) is 17.5 Å². The van der Waals surface area contributed by atoms with Crippen molar-refractivity contribution in [3.8, 4) is 11.6 Å². The van der Waals surface area contributed by atoms with Gasteiger partial charge in [-0.05, 0) is 42.8 Å². The third kappa shape index (κ3) is 5.43. The zero-order valence-electron chi connectivity index (χ0n) is 14.1. The van der Waals surface area contributed by atoms with Gasteiger partial charge in [-0.15, -0.1) is 0 Å². The Balaban J connectivity index is 1.72. The quantitative estimate of drug-likeness (QED) is 0.301. The summed E-state index contributed by atoms with van der Waals surface area (Å²) in [5.74, 6) is 0.603. The Labute approximate surface area is 157 Å². The highest BCUT2D eigenvalue weighted by atomic mass is 32.2. The summed E-state index contributed by atoms with van der Waals surface area (Å²) in [4.78, 5) is 8.52. The SMILES string of the molecule is Cc1cc(Oc2ccc(F)cc2)nc(SCc2cccc(C(F)(F)F)c2)n1. The molecule has 140 valence electrons. The predicted octanol–water partition coefficient (Wildman–Crippen LogP) is 6.03. The molecule has 0 unspecified atom stereocenters. The van der Waals surface area contributed by atoms with Crippen LogP contribution in [0.1, 0.15) is 16.8 Å². The van der Waals surface area contributed by atoms with Gasteiger partial charge in [-0.2, -0.15) is 18.2 Å². The average Bonchev–Trinajstić information content (AvgIpc) is 2.61. The van der Waals surface area contributed by atoms with Gasteiger partial charge in [-0.1, -0.05) is 30.0 Å². The molecule has 1 heterocycles. The van der Waals surface area contributed by atoms with Gasteiger partial charge in [-0.25, -0.2) is 9.37 Å². The molecular formula is C19H14F4N2OS. The second-order valence-electron chi connectivity index (χ2n) is 5.67. The van der Waals surface area contributed by atoms with Crippen molar-refractivity contribution in [1.29, 1.82) is 0 Å². The van der Waals surface area contributed by atoms with Crippen LogP contribution in [0.3, 0.4) is 0 Å². The van der Waals surface area contributed by atoms with Crippen molar-refractivity contribution in [3.63, 3.8) is 0 Å². The molecule has 0 atom stereocenters. The first kappa shape index (κ1) is 19.2. The minimum Gasteiger partial charge on any atom is -0.439 e. The zero-order valence-corrected chi connectivity index (χ0v) is 14.9. The fourth-order valence-corrected chi connectivity index (χ4v) is 3.08. The number of nitrogens with zero attached hydrogens (tertiary/aromatic N) is 2. The molecule has 3 rings (SSSR count). The Bertz CT molecular complexity index is 930. The number of aryl methyl sites for hydroxylation is 1. The van der Waals surface area contributed by atoms with Crippen molar-refractivity contribution in [2.75, 3.05) is 0 Å². The number of rotatable bonds is 5. The predicted molar refractivity (Wildman–Crippen MR) is 94.2 cm³/mol. The Kier molecular flexibility index (Phi) is 5.65. The average molecular weight is 394 g/mol. The number of ether oxygens (including phenoxy) is 1. The standard InChI is InChI=1S/C19H14F4N2OS/c1-12-9-17(26-16-7-5-15(20)6-8-16)25-18(24-12)27-11-13-3-2-4-14(10-13)19(21,22)23/h2-10H,11H2,1H3. The number of alkyl halides is 3. The second kappa shape index (κ2) is 7.96. The van der Waals surface area contributed by atoms with E-state index in [1.807, 2.05) is 0 Å². The molecule has 0 N–H and O–H groups in total. The molecule has 0 bridgehead atoms. The molecule has 0 spiro atoms. The molecule has 8 heteroatoms. The van der Waals surface area contributed by atoms with Crippen LogP contribution in [0.5, 0.6) is 11.6 Å². The van der Waals surface area contributed by atoms with Crippen molar-refractivity contribution < 1.29 is 22.3 Å². The highest BCUT2D eigenvalue weighted by Gasteiger charge is 2.30. The smallest absolute Gasteiger partial charge is 0.416 e. The fourth-order valence-electron chi connectivity index (χ4n) is 2.24. The minimum atomic E-state index is -4.38. The van der Waals surface area contributed by atoms with Crippen LogP contribution in [0.2, 0.25) is 0 Å². The summed E-state index contributed by atoms with van der Waals surface area (Å²) in [7, 11) is 0. The number of hydrogen-bond acceptors (Lipinski definition) is 4. The number of hydrogen-bond donors (Lipinski definition) is 0. The molecule has 0 saturated heterocycles. The zero-order chi connectivity index (χ0) is 19.4. The first-order valence-electron chi connectivity index (χ1n) is 7.88. The van der Waals surface area contributed by atoms with Gasteiger partial charge in [0.05, 0.1) is 5.56 Å². The minimum absolute atomic E-state index is 0.278. The van der Waals surface area contributed by atoms with E-state index in [0.717, 1.165) is 12.1 Å². The Morgan fingerprint density at radius 1 is 1.00 bits per heavy atom. The molecule has 2 aromatic carbocycles. The number of aromatic nitrogens is 2. The van der Waals surface area contributed by atoms with Crippen molar-refractivity contribution in [2.24, 2.45) is 0 Å². The molecule has 27 heavy (non-hydrogen) atoms. The van der Waals surface area contributed by atoms with E-state index in [1.54, 1.807) is 19.1 Å². The molecule has 0 aliphatic carbocycles. The maximum Gasteiger partial charge on any atom is 0.416 e. The summed E-state index contributed by atoms with van der Waals surface area (Å²) >= 11 is 1.20. The number of thioether (sulfide) groups is 1. The summed E-state index contributed by atoms with van der Waals surface area (Å²) in [5.41, 5.74) is 0.473. The molecule has 0 aliphatic heterocycles. The van der Waals surface area contributed by atoms with Crippen LogP contribution in [0.25, 0.3) is 0 Å². The van der Waals surface area contributed by atoms with Crippen LogP contribution in [-0.2, 0) is 11.9 Å². The van der Waals surface area contributed by atoms with E-state index >= 15 is 0 Å². The molecule has 1 aromatic heterocycles. The van der Waals surface area contributed by atoms with Gasteiger partial charge < -0.3 is 4.74 Å². The lowest BCUT2D eigenvalue weighted by molar-refractivity contribution is -0.137. The van der Waals surface area contributed by atoms with Gasteiger partial charge >= 0.3 is 6.18 Å². The van der Waals surface area contributed by atoms with Gasteiger partial charge in [0.2, 0.25) is 5.88 Å². The van der Waals surface area contributed by atoms with Crippen LogP contribution in [0.4, 0.5) is 17.6 Å². The molecule has 3 nitrogen and oxygen atoms in total. The van der Waals surface area contributed by atoms with Gasteiger partial charge in [0.1, 0.15) is 11.6 Å². The molecule has 3 aromatic rings. The largest absolute Gasteiger partial charge is 0.439 e. The molecule has 0 fully saturated rings. The van der Waals surface area contributed by atoms with Crippen molar-refractivity contribution >= 4 is 11.8 Å². The van der Waals surface area contributed by atoms with Crippen LogP contribution in [0, 0.1) is 12.7 Å². The van der Waals surface area contributed by atoms with E-state index in [9.17, 15) is 17.6 Å². The summed E-state index contributed by atoms with van der Waals surface area (Å²) in [6.07, 6.45) is -4.38. The second-order valence-corrected chi connectivity index (χ2v) is 6.62.